The quantitative estimate of drug-likeness (QED) is 0.432. The van der Waals surface area contributed by atoms with Crippen LogP contribution in [0.1, 0.15) is 32.6 Å². The lowest BCUT2D eigenvalue weighted by atomic mass is 10.2. The highest BCUT2D eigenvalue weighted by molar-refractivity contribution is 6.42. The Hall–Kier alpha value is -0.0231. The van der Waals surface area contributed by atoms with Gasteiger partial charge < -0.3 is 9.20 Å². The Kier molecular flexibility index (Phi) is 9.05. The van der Waals surface area contributed by atoms with Gasteiger partial charge in [-0.25, -0.2) is 0 Å². The molecule has 0 aliphatic heterocycles. The van der Waals surface area contributed by atoms with Gasteiger partial charge in [0.05, 0.1) is 0 Å². The van der Waals surface area contributed by atoms with Crippen molar-refractivity contribution in [2.24, 2.45) is 0 Å². The number of rotatable bonds is 8. The molecule has 2 nitrogen and oxygen atoms in total. The summed E-state index contributed by atoms with van der Waals surface area (Å²) < 4.78 is 16.0. The molecule has 0 radical (unpaired) electrons. The minimum Gasteiger partial charge on any atom is -0.388 e. The van der Waals surface area contributed by atoms with Crippen LogP contribution in [0.2, 0.25) is 12.1 Å². The van der Waals surface area contributed by atoms with E-state index in [0.717, 1.165) is 31.5 Å². The lowest BCUT2D eigenvalue weighted by molar-refractivity contribution is 0.192. The molecule has 0 aromatic rings. The van der Waals surface area contributed by atoms with Crippen LogP contribution in [0.5, 0.6) is 0 Å². The zero-order valence-corrected chi connectivity index (χ0v) is 9.27. The van der Waals surface area contributed by atoms with Gasteiger partial charge in [0, 0.05) is 13.7 Å². The molecule has 0 saturated heterocycles. The fourth-order valence-electron chi connectivity index (χ4n) is 1.10. The molecule has 0 N–H and O–H groups in total. The number of hydrogen-bond acceptors (Lipinski definition) is 2. The molecular formula is C9H20O2Si. The third-order valence-corrected chi connectivity index (χ3v) is 3.65. The molecule has 72 valence electrons. The number of unbranched alkanes of at least 4 members (excludes halogenated alkanes) is 3. The van der Waals surface area contributed by atoms with Crippen molar-refractivity contribution in [1.82, 2.24) is 0 Å². The van der Waals surface area contributed by atoms with E-state index < -0.39 is 8.68 Å². The zero-order chi connectivity index (χ0) is 9.23. The normalized spacial score (nSPS) is 10.2. The van der Waals surface area contributed by atoms with Crippen molar-refractivity contribution in [1.29, 1.82) is 0 Å². The first kappa shape index (κ1) is 12.0. The van der Waals surface area contributed by atoms with Crippen LogP contribution in [0, 0.1) is 0 Å². The van der Waals surface area contributed by atoms with E-state index in [0.29, 0.717) is 0 Å². The van der Waals surface area contributed by atoms with Crippen LogP contribution in [0.15, 0.2) is 0 Å². The standard InChI is InChI=1S/C9H20O2Si/c1-3-12(10)9-7-5-4-6-8-11-2/h3-9H2,1-2H3. The number of methoxy groups -OCH3 is 1. The van der Waals surface area contributed by atoms with Crippen molar-refractivity contribution in [2.45, 2.75) is 44.7 Å². The molecule has 0 fully saturated rings. The highest BCUT2D eigenvalue weighted by atomic mass is 28.3. The highest BCUT2D eigenvalue weighted by Gasteiger charge is 1.99. The molecule has 0 aromatic heterocycles. The van der Waals surface area contributed by atoms with Gasteiger partial charge in [-0.05, 0) is 24.9 Å². The highest BCUT2D eigenvalue weighted by Crippen LogP contribution is 2.05. The summed E-state index contributed by atoms with van der Waals surface area (Å²) in [6, 6.07) is 1.83. The average Bonchev–Trinajstić information content (AvgIpc) is 2.10. The molecule has 0 spiro atoms. The van der Waals surface area contributed by atoms with E-state index in [9.17, 15) is 4.46 Å². The Morgan fingerprint density at radius 2 is 1.83 bits per heavy atom. The van der Waals surface area contributed by atoms with Gasteiger partial charge >= 0.3 is 0 Å². The second-order valence-corrected chi connectivity index (χ2v) is 5.33. The molecule has 0 rings (SSSR count). The van der Waals surface area contributed by atoms with E-state index in [2.05, 4.69) is 0 Å². The first-order valence-electron chi connectivity index (χ1n) is 4.82. The summed E-state index contributed by atoms with van der Waals surface area (Å²) >= 11 is 0. The molecule has 0 atom stereocenters. The zero-order valence-electron chi connectivity index (χ0n) is 8.27. The summed E-state index contributed by atoms with van der Waals surface area (Å²) in [6.45, 7) is 2.87. The van der Waals surface area contributed by atoms with Crippen molar-refractivity contribution in [3.8, 4) is 0 Å². The van der Waals surface area contributed by atoms with Crippen LogP contribution < -0.4 is 0 Å². The Morgan fingerprint density at radius 1 is 1.17 bits per heavy atom. The first-order chi connectivity index (χ1) is 5.81. The van der Waals surface area contributed by atoms with E-state index >= 15 is 0 Å². The molecule has 3 heteroatoms. The van der Waals surface area contributed by atoms with Gasteiger partial charge in [-0.15, -0.1) is 0 Å². The summed E-state index contributed by atoms with van der Waals surface area (Å²) in [7, 11) is 0.529. The molecule has 0 saturated carbocycles. The monoisotopic (exact) mass is 188 g/mol. The molecule has 12 heavy (non-hydrogen) atoms. The van der Waals surface area contributed by atoms with E-state index in [1.54, 1.807) is 7.11 Å². The summed E-state index contributed by atoms with van der Waals surface area (Å²) in [5.41, 5.74) is 0. The first-order valence-corrected chi connectivity index (χ1v) is 6.64. The maximum atomic E-state index is 11.1. The van der Waals surface area contributed by atoms with Gasteiger partial charge in [0.2, 0.25) is 0 Å². The third-order valence-electron chi connectivity index (χ3n) is 1.95. The second-order valence-electron chi connectivity index (χ2n) is 3.05. The molecule has 0 heterocycles. The summed E-state index contributed by atoms with van der Waals surface area (Å²) in [5.74, 6) is 0. The molecule has 0 aliphatic rings. The van der Waals surface area contributed by atoms with Gasteiger partial charge in [-0.3, -0.25) is 0 Å². The Bertz CT molecular complexity index is 115. The average molecular weight is 188 g/mol. The number of hydrogen-bond donors (Lipinski definition) is 0. The van der Waals surface area contributed by atoms with Gasteiger partial charge in [-0.2, -0.15) is 0 Å². The van der Waals surface area contributed by atoms with Crippen molar-refractivity contribution in [2.75, 3.05) is 13.7 Å². The van der Waals surface area contributed by atoms with Crippen LogP contribution in [-0.4, -0.2) is 22.4 Å². The van der Waals surface area contributed by atoms with Crippen LogP contribution in [0.4, 0.5) is 0 Å². The molecule has 0 bridgehead atoms. The van der Waals surface area contributed by atoms with Gasteiger partial charge in [-0.1, -0.05) is 19.8 Å². The maximum Gasteiger partial charge on any atom is 0.276 e. The smallest absolute Gasteiger partial charge is 0.276 e. The Balaban J connectivity index is 2.95. The Morgan fingerprint density at radius 3 is 2.42 bits per heavy atom. The predicted octanol–water partition coefficient (Wildman–Crippen LogP) is 2.64. The summed E-state index contributed by atoms with van der Waals surface area (Å²) in [5, 5.41) is 0. The predicted molar refractivity (Wildman–Crippen MR) is 52.1 cm³/mol. The number of ether oxygens (including phenoxy) is 1. The van der Waals surface area contributed by atoms with E-state index in [4.69, 9.17) is 4.74 Å². The fraction of sp³-hybridized carbons (Fsp3) is 1.00. The second kappa shape index (κ2) is 9.07. The van der Waals surface area contributed by atoms with E-state index in [-0.39, 0.29) is 0 Å². The lowest BCUT2D eigenvalue weighted by Crippen LogP contribution is -1.95. The van der Waals surface area contributed by atoms with Crippen molar-refractivity contribution in [3.63, 3.8) is 0 Å². The topological polar surface area (TPSA) is 26.3 Å². The van der Waals surface area contributed by atoms with Gasteiger partial charge in [0.25, 0.3) is 8.68 Å². The summed E-state index contributed by atoms with van der Waals surface area (Å²) in [6.07, 6.45) is 4.70. The molecule has 0 aliphatic carbocycles. The van der Waals surface area contributed by atoms with Crippen LogP contribution in [0.3, 0.4) is 0 Å². The van der Waals surface area contributed by atoms with Crippen LogP contribution in [-0.2, 0) is 9.20 Å². The van der Waals surface area contributed by atoms with Gasteiger partial charge in [0.15, 0.2) is 0 Å². The molecule has 0 aromatic carbocycles. The molecule has 0 amide bonds. The molecular weight excluding hydrogens is 168 g/mol. The fourth-order valence-corrected chi connectivity index (χ4v) is 2.10. The lowest BCUT2D eigenvalue weighted by Gasteiger charge is -1.98. The van der Waals surface area contributed by atoms with Crippen molar-refractivity contribution < 1.29 is 9.20 Å². The van der Waals surface area contributed by atoms with Crippen molar-refractivity contribution >= 4 is 8.68 Å². The minimum absolute atomic E-state index is 0.864. The van der Waals surface area contributed by atoms with Crippen LogP contribution >= 0.6 is 0 Å². The SMILES string of the molecule is CC[Si](=O)CCCCCCOC. The van der Waals surface area contributed by atoms with E-state index in [1.807, 2.05) is 6.92 Å². The minimum atomic E-state index is -1.20. The third kappa shape index (κ3) is 8.08. The Labute approximate surface area is 77.0 Å². The molecule has 0 unspecified atom stereocenters. The maximum absolute atomic E-state index is 11.1. The summed E-state index contributed by atoms with van der Waals surface area (Å²) in [4.78, 5) is 0. The van der Waals surface area contributed by atoms with E-state index in [1.165, 1.54) is 12.8 Å². The van der Waals surface area contributed by atoms with Crippen LogP contribution in [0.25, 0.3) is 0 Å². The van der Waals surface area contributed by atoms with Crippen molar-refractivity contribution in [3.05, 3.63) is 0 Å². The largest absolute Gasteiger partial charge is 0.388 e. The van der Waals surface area contributed by atoms with Gasteiger partial charge in [0.1, 0.15) is 0 Å².